The van der Waals surface area contributed by atoms with E-state index in [1.807, 2.05) is 0 Å². The van der Waals surface area contributed by atoms with Gasteiger partial charge in [-0.3, -0.25) is 9.59 Å². The van der Waals surface area contributed by atoms with E-state index in [1.54, 1.807) is 12.2 Å². The Hall–Kier alpha value is -1.66. The summed E-state index contributed by atoms with van der Waals surface area (Å²) in [6.45, 7) is 0. The second-order valence-electron chi connectivity index (χ2n) is 4.02. The van der Waals surface area contributed by atoms with Gasteiger partial charge in [0.25, 0.3) is 5.91 Å². The van der Waals surface area contributed by atoms with Crippen LogP contribution >= 0.6 is 23.2 Å². The molecule has 0 spiro atoms. The summed E-state index contributed by atoms with van der Waals surface area (Å²) in [6, 6.07) is 0.955. The fourth-order valence-electron chi connectivity index (χ4n) is 1.75. The van der Waals surface area contributed by atoms with E-state index in [0.717, 1.165) is 0 Å². The fourth-order valence-corrected chi connectivity index (χ4v) is 2.07. The molecular formula is C11H9Cl2N3O3. The lowest BCUT2D eigenvalue weighted by molar-refractivity contribution is -0.140. The van der Waals surface area contributed by atoms with E-state index < -0.39 is 17.8 Å². The van der Waals surface area contributed by atoms with Gasteiger partial charge in [0.1, 0.15) is 0 Å². The van der Waals surface area contributed by atoms with Crippen LogP contribution in [0.4, 0.5) is 0 Å². The molecule has 1 aliphatic rings. The minimum atomic E-state index is -0.917. The Morgan fingerprint density at radius 2 is 2.05 bits per heavy atom. The maximum atomic E-state index is 11.9. The summed E-state index contributed by atoms with van der Waals surface area (Å²) in [5.41, 5.74) is 0.105. The average molecular weight is 302 g/mol. The summed E-state index contributed by atoms with van der Waals surface area (Å²) >= 11 is 11.4. The van der Waals surface area contributed by atoms with Crippen molar-refractivity contribution in [3.8, 4) is 0 Å². The number of hydrogen-bond acceptors (Lipinski definition) is 4. The Morgan fingerprint density at radius 3 is 2.68 bits per heavy atom. The molecule has 2 rings (SSSR count). The molecular weight excluding hydrogens is 293 g/mol. The van der Waals surface area contributed by atoms with E-state index in [0.29, 0.717) is 6.42 Å². The Kier molecular flexibility index (Phi) is 4.01. The molecule has 1 amide bonds. The highest BCUT2D eigenvalue weighted by Gasteiger charge is 2.26. The van der Waals surface area contributed by atoms with Gasteiger partial charge in [-0.25, -0.2) is 0 Å². The lowest BCUT2D eigenvalue weighted by atomic mass is 10.1. The van der Waals surface area contributed by atoms with Crippen molar-refractivity contribution in [1.82, 2.24) is 15.5 Å². The molecule has 1 heterocycles. The first-order valence-corrected chi connectivity index (χ1v) is 6.13. The molecule has 1 aromatic rings. The number of halogens is 2. The first-order chi connectivity index (χ1) is 8.97. The number of rotatable bonds is 3. The van der Waals surface area contributed by atoms with E-state index >= 15 is 0 Å². The van der Waals surface area contributed by atoms with Crippen LogP contribution in [0.1, 0.15) is 16.8 Å². The topological polar surface area (TPSA) is 92.2 Å². The average Bonchev–Trinajstić information content (AvgIpc) is 2.80. The Bertz CT molecular complexity index is 562. The van der Waals surface area contributed by atoms with Gasteiger partial charge in [-0.05, 0) is 12.5 Å². The Labute approximate surface area is 118 Å². The summed E-state index contributed by atoms with van der Waals surface area (Å²) in [6.07, 6.45) is 3.50. The van der Waals surface area contributed by atoms with E-state index in [1.165, 1.54) is 6.07 Å². The zero-order valence-electron chi connectivity index (χ0n) is 9.51. The van der Waals surface area contributed by atoms with Gasteiger partial charge in [-0.2, -0.15) is 0 Å². The van der Waals surface area contributed by atoms with Gasteiger partial charge >= 0.3 is 5.97 Å². The highest BCUT2D eigenvalue weighted by atomic mass is 35.5. The molecule has 100 valence electrons. The molecule has 0 saturated heterocycles. The minimum absolute atomic E-state index is 0.0555. The molecule has 0 fully saturated rings. The number of aliphatic carboxylic acids is 1. The van der Waals surface area contributed by atoms with Crippen LogP contribution in [0.2, 0.25) is 10.3 Å². The van der Waals surface area contributed by atoms with E-state index in [9.17, 15) is 9.59 Å². The molecule has 0 aliphatic heterocycles. The second kappa shape index (κ2) is 5.54. The third-order valence-electron chi connectivity index (χ3n) is 2.68. The summed E-state index contributed by atoms with van der Waals surface area (Å²) in [5, 5.41) is 18.5. The number of nitrogens with one attached hydrogen (secondary N) is 1. The predicted molar refractivity (Wildman–Crippen MR) is 68.2 cm³/mol. The van der Waals surface area contributed by atoms with Crippen LogP contribution in [-0.4, -0.2) is 33.2 Å². The van der Waals surface area contributed by atoms with Gasteiger partial charge in [-0.15, -0.1) is 10.2 Å². The number of carboxylic acids is 1. The van der Waals surface area contributed by atoms with E-state index in [-0.39, 0.29) is 21.9 Å². The number of carbonyl (C=O) groups excluding carboxylic acids is 1. The van der Waals surface area contributed by atoms with Crippen LogP contribution < -0.4 is 5.32 Å². The van der Waals surface area contributed by atoms with E-state index in [4.69, 9.17) is 28.3 Å². The third kappa shape index (κ3) is 3.21. The number of carboxylic acid groups (broad SMARTS) is 1. The molecule has 2 unspecified atom stereocenters. The molecule has 0 aromatic carbocycles. The molecule has 6 nitrogen and oxygen atoms in total. The maximum Gasteiger partial charge on any atom is 0.310 e. The zero-order chi connectivity index (χ0) is 14.0. The van der Waals surface area contributed by atoms with Gasteiger partial charge in [-0.1, -0.05) is 35.4 Å². The Morgan fingerprint density at radius 1 is 1.32 bits per heavy atom. The van der Waals surface area contributed by atoms with Crippen LogP contribution in [0.25, 0.3) is 0 Å². The van der Waals surface area contributed by atoms with Crippen molar-refractivity contribution in [2.45, 2.75) is 12.5 Å². The number of amides is 1. The fraction of sp³-hybridized carbons (Fsp3) is 0.273. The zero-order valence-corrected chi connectivity index (χ0v) is 11.0. The first kappa shape index (κ1) is 13.8. The van der Waals surface area contributed by atoms with Crippen molar-refractivity contribution < 1.29 is 14.7 Å². The van der Waals surface area contributed by atoms with Gasteiger partial charge in [0.05, 0.1) is 11.5 Å². The smallest absolute Gasteiger partial charge is 0.310 e. The monoisotopic (exact) mass is 301 g/mol. The maximum absolute atomic E-state index is 11.9. The molecule has 0 saturated carbocycles. The van der Waals surface area contributed by atoms with Crippen molar-refractivity contribution >= 4 is 35.1 Å². The molecule has 8 heteroatoms. The normalized spacial score (nSPS) is 21.4. The van der Waals surface area contributed by atoms with Crippen molar-refractivity contribution in [1.29, 1.82) is 0 Å². The van der Waals surface area contributed by atoms with Gasteiger partial charge < -0.3 is 10.4 Å². The van der Waals surface area contributed by atoms with Crippen LogP contribution in [0, 0.1) is 5.92 Å². The van der Waals surface area contributed by atoms with Gasteiger partial charge in [0.15, 0.2) is 10.3 Å². The molecule has 1 aliphatic carbocycles. The number of nitrogens with zero attached hydrogens (tertiary/aromatic N) is 2. The highest BCUT2D eigenvalue weighted by Crippen LogP contribution is 2.20. The second-order valence-corrected chi connectivity index (χ2v) is 4.76. The highest BCUT2D eigenvalue weighted by molar-refractivity contribution is 6.34. The van der Waals surface area contributed by atoms with Crippen molar-refractivity contribution in [3.63, 3.8) is 0 Å². The SMILES string of the molecule is O=C(NC1C=CC(C(=O)O)C1)c1cc(Cl)nnc1Cl. The standard InChI is InChI=1S/C11H9Cl2N3O3/c12-8-4-7(9(13)16-15-8)10(17)14-6-2-1-5(3-6)11(18)19/h1-2,4-6H,3H2,(H,14,17)(H,18,19). The van der Waals surface area contributed by atoms with Crippen molar-refractivity contribution in [2.75, 3.05) is 0 Å². The lowest BCUT2D eigenvalue weighted by Crippen LogP contribution is -2.33. The lowest BCUT2D eigenvalue weighted by Gasteiger charge is -2.12. The van der Waals surface area contributed by atoms with Crippen LogP contribution in [0.15, 0.2) is 18.2 Å². The predicted octanol–water partition coefficient (Wildman–Crippen LogP) is 1.54. The Balaban J connectivity index is 2.05. The van der Waals surface area contributed by atoms with Crippen molar-refractivity contribution in [2.24, 2.45) is 5.92 Å². The molecule has 19 heavy (non-hydrogen) atoms. The van der Waals surface area contributed by atoms with Crippen LogP contribution in [0.3, 0.4) is 0 Å². The van der Waals surface area contributed by atoms with Gasteiger partial charge in [0, 0.05) is 6.04 Å². The number of carbonyl (C=O) groups is 2. The summed E-state index contributed by atoms with van der Waals surface area (Å²) in [5.74, 6) is -1.97. The molecule has 2 atom stereocenters. The summed E-state index contributed by atoms with van der Waals surface area (Å²) in [4.78, 5) is 22.7. The molecule has 0 radical (unpaired) electrons. The quantitative estimate of drug-likeness (QED) is 0.826. The number of aromatic nitrogens is 2. The van der Waals surface area contributed by atoms with Gasteiger partial charge in [0.2, 0.25) is 0 Å². The first-order valence-electron chi connectivity index (χ1n) is 5.38. The minimum Gasteiger partial charge on any atom is -0.481 e. The summed E-state index contributed by atoms with van der Waals surface area (Å²) in [7, 11) is 0. The van der Waals surface area contributed by atoms with Crippen LogP contribution in [-0.2, 0) is 4.79 Å². The van der Waals surface area contributed by atoms with Crippen LogP contribution in [0.5, 0.6) is 0 Å². The summed E-state index contributed by atoms with van der Waals surface area (Å²) < 4.78 is 0. The molecule has 0 bridgehead atoms. The largest absolute Gasteiger partial charge is 0.481 e. The molecule has 1 aromatic heterocycles. The van der Waals surface area contributed by atoms with Crippen molar-refractivity contribution in [3.05, 3.63) is 34.1 Å². The third-order valence-corrected chi connectivity index (χ3v) is 3.14. The number of hydrogen-bond donors (Lipinski definition) is 2. The van der Waals surface area contributed by atoms with E-state index in [2.05, 4.69) is 15.5 Å². The molecule has 2 N–H and O–H groups in total.